The van der Waals surface area contributed by atoms with E-state index in [4.69, 9.17) is 9.47 Å². The van der Waals surface area contributed by atoms with Gasteiger partial charge >= 0.3 is 0 Å². The van der Waals surface area contributed by atoms with Crippen LogP contribution in [-0.2, 0) is 9.59 Å². The Morgan fingerprint density at radius 3 is 2.72 bits per heavy atom. The Hall–Kier alpha value is -2.28. The highest BCUT2D eigenvalue weighted by Crippen LogP contribution is 2.36. The van der Waals surface area contributed by atoms with Gasteiger partial charge in [0.2, 0.25) is 11.8 Å². The van der Waals surface area contributed by atoms with E-state index < -0.39 is 0 Å². The number of nitrogens with zero attached hydrogens (tertiary/aromatic N) is 2. The minimum atomic E-state index is -0.301. The van der Waals surface area contributed by atoms with Crippen molar-refractivity contribution in [1.82, 2.24) is 10.2 Å². The number of methoxy groups -OCH3 is 2. The molecule has 0 bridgehead atoms. The first kappa shape index (κ1) is 17.5. The molecule has 2 amide bonds. The van der Waals surface area contributed by atoms with Crippen molar-refractivity contribution in [2.45, 2.75) is 19.4 Å². The molecule has 1 aromatic carbocycles. The summed E-state index contributed by atoms with van der Waals surface area (Å²) >= 11 is 0. The Morgan fingerprint density at radius 1 is 1.24 bits per heavy atom. The number of carbonyl (C=O) groups excluding carboxylic acids is 2. The zero-order valence-corrected chi connectivity index (χ0v) is 14.9. The number of anilines is 1. The smallest absolute Gasteiger partial charge is 0.228 e. The number of rotatable bonds is 4. The number of ether oxygens (including phenoxy) is 2. The highest BCUT2D eigenvalue weighted by atomic mass is 16.5. The summed E-state index contributed by atoms with van der Waals surface area (Å²) in [7, 11) is 3.14. The lowest BCUT2D eigenvalue weighted by Crippen LogP contribution is -2.53. The van der Waals surface area contributed by atoms with Crippen LogP contribution in [0.5, 0.6) is 11.5 Å². The van der Waals surface area contributed by atoms with E-state index in [1.807, 2.05) is 4.90 Å². The van der Waals surface area contributed by atoms with Crippen LogP contribution in [0.2, 0.25) is 0 Å². The quantitative estimate of drug-likeness (QED) is 0.875. The number of hydrogen-bond acceptors (Lipinski definition) is 5. The van der Waals surface area contributed by atoms with Crippen LogP contribution in [0.25, 0.3) is 0 Å². The number of benzene rings is 1. The zero-order valence-electron chi connectivity index (χ0n) is 14.9. The predicted molar refractivity (Wildman–Crippen MR) is 94.1 cm³/mol. The number of carbonyl (C=O) groups is 2. The Balaban J connectivity index is 1.75. The van der Waals surface area contributed by atoms with Crippen molar-refractivity contribution in [3.05, 3.63) is 18.2 Å². The molecule has 0 spiro atoms. The minimum Gasteiger partial charge on any atom is -0.497 e. The summed E-state index contributed by atoms with van der Waals surface area (Å²) < 4.78 is 10.6. The van der Waals surface area contributed by atoms with Crippen LogP contribution in [0.3, 0.4) is 0 Å². The average molecular weight is 347 g/mol. The molecular weight excluding hydrogens is 322 g/mol. The minimum absolute atomic E-state index is 0.0509. The first-order valence-electron chi connectivity index (χ1n) is 8.58. The fourth-order valence-corrected chi connectivity index (χ4v) is 3.50. The van der Waals surface area contributed by atoms with Gasteiger partial charge in [0.15, 0.2) is 0 Å². The highest BCUT2D eigenvalue weighted by Gasteiger charge is 2.38. The first-order valence-corrected chi connectivity index (χ1v) is 8.58. The van der Waals surface area contributed by atoms with Crippen LogP contribution in [0.1, 0.15) is 13.3 Å². The molecule has 25 heavy (non-hydrogen) atoms. The second kappa shape index (κ2) is 7.31. The molecule has 7 nitrogen and oxygen atoms in total. The molecule has 2 fully saturated rings. The van der Waals surface area contributed by atoms with Crippen LogP contribution in [0.15, 0.2) is 18.2 Å². The maximum atomic E-state index is 12.8. The van der Waals surface area contributed by atoms with Crippen LogP contribution in [0, 0.1) is 5.92 Å². The summed E-state index contributed by atoms with van der Waals surface area (Å²) in [6, 6.07) is 5.62. The van der Waals surface area contributed by atoms with Gasteiger partial charge in [-0.3, -0.25) is 9.59 Å². The molecular formula is C18H25N3O4. The summed E-state index contributed by atoms with van der Waals surface area (Å²) in [4.78, 5) is 28.8. The monoisotopic (exact) mass is 347 g/mol. The lowest BCUT2D eigenvalue weighted by atomic mass is 10.1. The predicted octanol–water partition coefficient (Wildman–Crippen LogP) is 0.877. The summed E-state index contributed by atoms with van der Waals surface area (Å²) in [5, 5.41) is 3.33. The average Bonchev–Trinajstić information content (AvgIpc) is 3.02. The summed E-state index contributed by atoms with van der Waals surface area (Å²) in [6.45, 7) is 4.63. The van der Waals surface area contributed by atoms with E-state index in [1.165, 1.54) is 0 Å². The Kier molecular flexibility index (Phi) is 5.13. The van der Waals surface area contributed by atoms with Crippen molar-refractivity contribution in [3.8, 4) is 11.5 Å². The van der Waals surface area contributed by atoms with Crippen molar-refractivity contribution >= 4 is 17.5 Å². The van der Waals surface area contributed by atoms with Crippen LogP contribution < -0.4 is 19.7 Å². The third-order valence-corrected chi connectivity index (χ3v) is 4.83. The van der Waals surface area contributed by atoms with Crippen LogP contribution in [-0.4, -0.2) is 63.2 Å². The molecule has 2 unspecified atom stereocenters. The molecule has 0 aromatic heterocycles. The van der Waals surface area contributed by atoms with Gasteiger partial charge in [-0.2, -0.15) is 0 Å². The van der Waals surface area contributed by atoms with Gasteiger partial charge in [0, 0.05) is 44.7 Å². The van der Waals surface area contributed by atoms with Crippen molar-refractivity contribution in [1.29, 1.82) is 0 Å². The molecule has 0 aliphatic carbocycles. The van der Waals surface area contributed by atoms with Gasteiger partial charge in [0.05, 0.1) is 25.8 Å². The highest BCUT2D eigenvalue weighted by molar-refractivity contribution is 6.01. The Labute approximate surface area is 147 Å². The van der Waals surface area contributed by atoms with E-state index in [0.29, 0.717) is 36.8 Å². The van der Waals surface area contributed by atoms with Gasteiger partial charge in [-0.1, -0.05) is 0 Å². The maximum Gasteiger partial charge on any atom is 0.228 e. The van der Waals surface area contributed by atoms with Crippen molar-refractivity contribution in [2.75, 3.05) is 45.3 Å². The molecule has 7 heteroatoms. The molecule has 1 aromatic rings. The normalized spacial score (nSPS) is 23.7. The molecule has 2 heterocycles. The molecule has 136 valence electrons. The molecule has 2 atom stereocenters. The van der Waals surface area contributed by atoms with Gasteiger partial charge in [0.25, 0.3) is 0 Å². The third-order valence-electron chi connectivity index (χ3n) is 4.83. The molecule has 2 aliphatic rings. The largest absolute Gasteiger partial charge is 0.497 e. The Bertz CT molecular complexity index is 664. The van der Waals surface area contributed by atoms with Gasteiger partial charge in [-0.25, -0.2) is 0 Å². The fourth-order valence-electron chi connectivity index (χ4n) is 3.50. The Morgan fingerprint density at radius 2 is 2.04 bits per heavy atom. The summed E-state index contributed by atoms with van der Waals surface area (Å²) in [5.74, 6) is 0.942. The van der Waals surface area contributed by atoms with Gasteiger partial charge < -0.3 is 24.6 Å². The van der Waals surface area contributed by atoms with Crippen molar-refractivity contribution in [2.24, 2.45) is 5.92 Å². The molecule has 2 aliphatic heterocycles. The summed E-state index contributed by atoms with van der Waals surface area (Å²) in [5.41, 5.74) is 0.678. The third kappa shape index (κ3) is 3.56. The van der Waals surface area contributed by atoms with Gasteiger partial charge in [-0.15, -0.1) is 0 Å². The fraction of sp³-hybridized carbons (Fsp3) is 0.556. The SMILES string of the molecule is COc1ccc(N2CC(C(=O)N3CCNC(C)C3)CC2=O)c(OC)c1. The second-order valence-electron chi connectivity index (χ2n) is 6.58. The topological polar surface area (TPSA) is 71.1 Å². The van der Waals surface area contributed by atoms with Crippen molar-refractivity contribution < 1.29 is 19.1 Å². The van der Waals surface area contributed by atoms with Gasteiger partial charge in [-0.05, 0) is 19.1 Å². The van der Waals surface area contributed by atoms with E-state index in [2.05, 4.69) is 12.2 Å². The number of nitrogens with one attached hydrogen (secondary N) is 1. The molecule has 3 rings (SSSR count). The molecule has 2 saturated heterocycles. The van der Waals surface area contributed by atoms with Gasteiger partial charge in [0.1, 0.15) is 11.5 Å². The lowest BCUT2D eigenvalue weighted by molar-refractivity contribution is -0.136. The van der Waals surface area contributed by atoms with Crippen LogP contribution in [0.4, 0.5) is 5.69 Å². The van der Waals surface area contributed by atoms with E-state index in [9.17, 15) is 9.59 Å². The number of amides is 2. The van der Waals surface area contributed by atoms with E-state index >= 15 is 0 Å². The van der Waals surface area contributed by atoms with Crippen molar-refractivity contribution in [3.63, 3.8) is 0 Å². The number of piperazine rings is 1. The molecule has 0 radical (unpaired) electrons. The van der Waals surface area contributed by atoms with E-state index in [-0.39, 0.29) is 30.2 Å². The standard InChI is InChI=1S/C18H25N3O4/c1-12-10-20(7-6-19-12)18(23)13-8-17(22)21(11-13)15-5-4-14(24-2)9-16(15)25-3/h4-5,9,12-13,19H,6-8,10-11H2,1-3H3. The molecule has 0 saturated carbocycles. The van der Waals surface area contributed by atoms with Crippen LogP contribution >= 0.6 is 0 Å². The second-order valence-corrected chi connectivity index (χ2v) is 6.58. The summed E-state index contributed by atoms with van der Waals surface area (Å²) in [6.07, 6.45) is 0.242. The number of hydrogen-bond donors (Lipinski definition) is 1. The van der Waals surface area contributed by atoms with E-state index in [1.54, 1.807) is 37.3 Å². The zero-order chi connectivity index (χ0) is 18.0. The first-order chi connectivity index (χ1) is 12.0. The maximum absolute atomic E-state index is 12.8. The molecule has 1 N–H and O–H groups in total. The lowest BCUT2D eigenvalue weighted by Gasteiger charge is -2.33. The van der Waals surface area contributed by atoms with E-state index in [0.717, 1.165) is 6.54 Å².